The van der Waals surface area contributed by atoms with Crippen LogP contribution in [0.3, 0.4) is 0 Å². The van der Waals surface area contributed by atoms with Gasteiger partial charge in [-0.25, -0.2) is 8.42 Å². The number of amides is 1. The van der Waals surface area contributed by atoms with Gasteiger partial charge >= 0.3 is 0 Å². The molecule has 1 aliphatic rings. The van der Waals surface area contributed by atoms with Crippen LogP contribution in [0, 0.1) is 5.92 Å². The fourth-order valence-electron chi connectivity index (χ4n) is 3.57. The van der Waals surface area contributed by atoms with Crippen LogP contribution in [0.4, 0.5) is 0 Å². The second kappa shape index (κ2) is 11.2. The molecule has 1 amide bonds. The number of rotatable bonds is 10. The number of thiophene rings is 1. The number of ether oxygens (including phenoxy) is 2. The molecule has 2 N–H and O–H groups in total. The van der Waals surface area contributed by atoms with Gasteiger partial charge in [0.1, 0.15) is 11.8 Å². The van der Waals surface area contributed by atoms with Crippen LogP contribution in [0.25, 0.3) is 0 Å². The minimum absolute atomic E-state index is 0.0221. The topological polar surface area (TPSA) is 97.0 Å². The third-order valence-electron chi connectivity index (χ3n) is 5.43. The quantitative estimate of drug-likeness (QED) is 0.540. The Hall–Kier alpha value is -1.98. The smallest absolute Gasteiger partial charge is 0.241 e. The maximum atomic E-state index is 13.1. The van der Waals surface area contributed by atoms with E-state index >= 15 is 0 Å². The van der Waals surface area contributed by atoms with Crippen LogP contribution >= 0.6 is 11.3 Å². The van der Waals surface area contributed by atoms with Crippen molar-refractivity contribution in [1.82, 2.24) is 14.9 Å². The molecule has 2 aromatic rings. The number of hydrogen-bond acceptors (Lipinski definition) is 7. The molecule has 1 aromatic heterocycles. The van der Waals surface area contributed by atoms with Gasteiger partial charge < -0.3 is 14.8 Å². The summed E-state index contributed by atoms with van der Waals surface area (Å²) in [6.45, 7) is 6.93. The fourth-order valence-corrected chi connectivity index (χ4v) is 5.77. The van der Waals surface area contributed by atoms with Crippen LogP contribution in [0.1, 0.15) is 24.8 Å². The van der Waals surface area contributed by atoms with E-state index in [-0.39, 0.29) is 22.8 Å². The molecule has 1 unspecified atom stereocenters. The van der Waals surface area contributed by atoms with Gasteiger partial charge in [-0.2, -0.15) is 4.72 Å². The van der Waals surface area contributed by atoms with Gasteiger partial charge in [-0.3, -0.25) is 9.69 Å². The standard InChI is InChI=1S/C22H31N3O5S2/c1-16(2)21(24-32(27,28)18-8-6-17(29-3)7-9-18)22(26)23-15-19(20-5-4-14-31-20)25-10-12-30-13-11-25/h4-9,14,16,19,21,24H,10-13,15H2,1-3H3,(H,23,26)/t19?,21-/m0/s1. The number of morpholine rings is 1. The summed E-state index contributed by atoms with van der Waals surface area (Å²) in [6, 6.07) is 9.26. The minimum Gasteiger partial charge on any atom is -0.497 e. The highest BCUT2D eigenvalue weighted by Gasteiger charge is 2.30. The van der Waals surface area contributed by atoms with Gasteiger partial charge in [-0.1, -0.05) is 19.9 Å². The van der Waals surface area contributed by atoms with Gasteiger partial charge in [0, 0.05) is 24.5 Å². The summed E-state index contributed by atoms with van der Waals surface area (Å²) in [5, 5.41) is 5.00. The summed E-state index contributed by atoms with van der Waals surface area (Å²) in [7, 11) is -2.35. The van der Waals surface area contributed by atoms with E-state index in [0.29, 0.717) is 25.5 Å². The number of benzene rings is 1. The van der Waals surface area contributed by atoms with Crippen molar-refractivity contribution in [2.45, 2.75) is 30.8 Å². The van der Waals surface area contributed by atoms with Gasteiger partial charge in [0.2, 0.25) is 15.9 Å². The maximum absolute atomic E-state index is 13.1. The Morgan fingerprint density at radius 2 is 1.88 bits per heavy atom. The van der Waals surface area contributed by atoms with Gasteiger partial charge in [-0.15, -0.1) is 11.3 Å². The van der Waals surface area contributed by atoms with Gasteiger partial charge in [-0.05, 0) is 41.6 Å². The summed E-state index contributed by atoms with van der Waals surface area (Å²) in [6.07, 6.45) is 0. The predicted octanol–water partition coefficient (Wildman–Crippen LogP) is 2.25. The largest absolute Gasteiger partial charge is 0.497 e. The van der Waals surface area contributed by atoms with E-state index in [1.54, 1.807) is 23.5 Å². The Morgan fingerprint density at radius 1 is 1.19 bits per heavy atom. The van der Waals surface area contributed by atoms with E-state index in [1.165, 1.54) is 19.2 Å². The van der Waals surface area contributed by atoms with Crippen LogP contribution in [0.5, 0.6) is 5.75 Å². The van der Waals surface area contributed by atoms with Crippen LogP contribution < -0.4 is 14.8 Å². The molecule has 176 valence electrons. The Morgan fingerprint density at radius 3 is 2.44 bits per heavy atom. The zero-order valence-corrected chi connectivity index (χ0v) is 20.2. The van der Waals surface area contributed by atoms with Crippen molar-refractivity contribution in [3.8, 4) is 5.75 Å². The number of methoxy groups -OCH3 is 1. The molecule has 0 spiro atoms. The zero-order chi connectivity index (χ0) is 23.1. The molecule has 1 aliphatic heterocycles. The number of nitrogens with one attached hydrogen (secondary N) is 2. The van der Waals surface area contributed by atoms with E-state index in [1.807, 2.05) is 25.3 Å². The first-order chi connectivity index (χ1) is 15.3. The summed E-state index contributed by atoms with van der Waals surface area (Å²) < 4.78 is 38.9. The summed E-state index contributed by atoms with van der Waals surface area (Å²) >= 11 is 1.65. The van der Waals surface area contributed by atoms with Gasteiger partial charge in [0.15, 0.2) is 0 Å². The lowest BCUT2D eigenvalue weighted by Crippen LogP contribution is -2.51. The zero-order valence-electron chi connectivity index (χ0n) is 18.6. The van der Waals surface area contributed by atoms with Crippen molar-refractivity contribution in [3.63, 3.8) is 0 Å². The molecular formula is C22H31N3O5S2. The molecule has 0 saturated carbocycles. The molecule has 2 heterocycles. The molecule has 1 saturated heterocycles. The highest BCUT2D eigenvalue weighted by atomic mass is 32.2. The molecule has 0 radical (unpaired) electrons. The van der Waals surface area contributed by atoms with E-state index in [4.69, 9.17) is 9.47 Å². The van der Waals surface area contributed by atoms with Crippen molar-refractivity contribution in [2.24, 2.45) is 5.92 Å². The van der Waals surface area contributed by atoms with E-state index in [2.05, 4.69) is 21.0 Å². The van der Waals surface area contributed by atoms with E-state index in [9.17, 15) is 13.2 Å². The van der Waals surface area contributed by atoms with Crippen molar-refractivity contribution >= 4 is 27.3 Å². The number of nitrogens with zero attached hydrogens (tertiary/aromatic N) is 1. The lowest BCUT2D eigenvalue weighted by molar-refractivity contribution is -0.124. The molecular weight excluding hydrogens is 450 g/mol. The van der Waals surface area contributed by atoms with Gasteiger partial charge in [0.05, 0.1) is 31.3 Å². The first-order valence-corrected chi connectivity index (χ1v) is 13.0. The summed E-state index contributed by atoms with van der Waals surface area (Å²) in [5.74, 6) is -0.0108. The first kappa shape index (κ1) is 24.7. The van der Waals surface area contributed by atoms with Crippen molar-refractivity contribution in [1.29, 1.82) is 0 Å². The molecule has 8 nitrogen and oxygen atoms in total. The Labute approximate surface area is 194 Å². The molecule has 0 aliphatic carbocycles. The highest BCUT2D eigenvalue weighted by molar-refractivity contribution is 7.89. The molecule has 32 heavy (non-hydrogen) atoms. The SMILES string of the molecule is COc1ccc(S(=O)(=O)N[C@H](C(=O)NCC(c2cccs2)N2CCOCC2)C(C)C)cc1. The molecule has 0 bridgehead atoms. The Kier molecular flexibility index (Phi) is 8.66. The van der Waals surface area contributed by atoms with Gasteiger partial charge in [0.25, 0.3) is 0 Å². The Balaban J connectivity index is 1.69. The fraction of sp³-hybridized carbons (Fsp3) is 0.500. The predicted molar refractivity (Wildman–Crippen MR) is 124 cm³/mol. The lowest BCUT2D eigenvalue weighted by Gasteiger charge is -2.34. The number of carbonyl (C=O) groups excluding carboxylic acids is 1. The van der Waals surface area contributed by atoms with Crippen LogP contribution in [0.2, 0.25) is 0 Å². The lowest BCUT2D eigenvalue weighted by atomic mass is 10.0. The van der Waals surface area contributed by atoms with Crippen LogP contribution in [-0.4, -0.2) is 65.2 Å². The number of carbonyl (C=O) groups is 1. The summed E-state index contributed by atoms with van der Waals surface area (Å²) in [5.41, 5.74) is 0. The normalized spacial score (nSPS) is 17.1. The Bertz CT molecular complexity index is 956. The molecule has 1 fully saturated rings. The average Bonchev–Trinajstić information content (AvgIpc) is 3.32. The molecule has 10 heteroatoms. The molecule has 2 atom stereocenters. The van der Waals surface area contributed by atoms with E-state index in [0.717, 1.165) is 18.0 Å². The second-order valence-corrected chi connectivity index (χ2v) is 10.6. The third kappa shape index (κ3) is 6.29. The van der Waals surface area contributed by atoms with Crippen LogP contribution in [-0.2, 0) is 19.6 Å². The number of hydrogen-bond donors (Lipinski definition) is 2. The van der Waals surface area contributed by atoms with Crippen LogP contribution in [0.15, 0.2) is 46.7 Å². The van der Waals surface area contributed by atoms with Crippen molar-refractivity contribution in [3.05, 3.63) is 46.7 Å². The maximum Gasteiger partial charge on any atom is 0.241 e. The van der Waals surface area contributed by atoms with Crippen molar-refractivity contribution < 1.29 is 22.7 Å². The van der Waals surface area contributed by atoms with Crippen molar-refractivity contribution in [2.75, 3.05) is 40.0 Å². The highest BCUT2D eigenvalue weighted by Crippen LogP contribution is 2.25. The monoisotopic (exact) mass is 481 g/mol. The van der Waals surface area contributed by atoms with E-state index < -0.39 is 16.1 Å². The second-order valence-electron chi connectivity index (χ2n) is 7.94. The third-order valence-corrected chi connectivity index (χ3v) is 7.86. The molecule has 3 rings (SSSR count). The molecule has 1 aromatic carbocycles. The average molecular weight is 482 g/mol. The summed E-state index contributed by atoms with van der Waals surface area (Å²) in [4.78, 5) is 16.6. The minimum atomic E-state index is -3.87. The first-order valence-electron chi connectivity index (χ1n) is 10.6. The number of sulfonamides is 1.